The molecule has 130 valence electrons. The zero-order chi connectivity index (χ0) is 18.1. The molecule has 1 N–H and O–H groups in total. The summed E-state index contributed by atoms with van der Waals surface area (Å²) in [7, 11) is 4.25. The van der Waals surface area contributed by atoms with Gasteiger partial charge in [-0.1, -0.05) is 66.7 Å². The average Bonchev–Trinajstić information content (AvgIpc) is 2.68. The highest BCUT2D eigenvalue weighted by molar-refractivity contribution is 7.81. The van der Waals surface area contributed by atoms with E-state index in [1.807, 2.05) is 36.4 Å². The summed E-state index contributed by atoms with van der Waals surface area (Å²) < 4.78 is 19.9. The van der Waals surface area contributed by atoms with Gasteiger partial charge in [0.05, 0.1) is 12.8 Å². The monoisotopic (exact) mass is 379 g/mol. The van der Waals surface area contributed by atoms with E-state index >= 15 is 0 Å². The van der Waals surface area contributed by atoms with Crippen LogP contribution in [0.5, 0.6) is 0 Å². The van der Waals surface area contributed by atoms with Crippen LogP contribution in [0.25, 0.3) is 32.7 Å². The fourth-order valence-electron chi connectivity index (χ4n) is 3.32. The minimum atomic E-state index is -1.60. The SMILES string of the molecule is COS(=O)Nc1ccc2ccccc2c1-c1c(P)ccc2ccccc12. The molecule has 0 aromatic heterocycles. The summed E-state index contributed by atoms with van der Waals surface area (Å²) in [5.74, 6) is 0. The number of nitrogens with one attached hydrogen (secondary N) is 1. The molecule has 3 nitrogen and oxygen atoms in total. The molecule has 0 saturated heterocycles. The molecule has 0 aliphatic heterocycles. The van der Waals surface area contributed by atoms with Gasteiger partial charge in [0.2, 0.25) is 0 Å². The molecule has 4 rings (SSSR count). The number of hydrogen-bond donors (Lipinski definition) is 1. The van der Waals surface area contributed by atoms with Crippen LogP contribution in [0.1, 0.15) is 0 Å². The first-order valence-electron chi connectivity index (χ1n) is 8.21. The highest BCUT2D eigenvalue weighted by atomic mass is 32.2. The van der Waals surface area contributed by atoms with E-state index in [1.165, 1.54) is 12.5 Å². The van der Waals surface area contributed by atoms with Gasteiger partial charge in [0.15, 0.2) is 0 Å². The summed E-state index contributed by atoms with van der Waals surface area (Å²) in [5, 5.41) is 5.65. The highest BCUT2D eigenvalue weighted by Gasteiger charge is 2.16. The van der Waals surface area contributed by atoms with Gasteiger partial charge in [0, 0.05) is 5.56 Å². The van der Waals surface area contributed by atoms with Crippen LogP contribution in [0.3, 0.4) is 0 Å². The summed E-state index contributed by atoms with van der Waals surface area (Å²) in [5.41, 5.74) is 2.92. The van der Waals surface area contributed by atoms with Gasteiger partial charge in [-0.3, -0.25) is 8.91 Å². The van der Waals surface area contributed by atoms with Gasteiger partial charge in [-0.2, -0.15) is 0 Å². The smallest absolute Gasteiger partial charge is 0.261 e. The predicted octanol–water partition coefficient (Wildman–Crippen LogP) is 4.80. The number of anilines is 1. The van der Waals surface area contributed by atoms with Crippen LogP contribution in [-0.4, -0.2) is 11.3 Å². The van der Waals surface area contributed by atoms with Crippen molar-refractivity contribution in [3.8, 4) is 11.1 Å². The third kappa shape index (κ3) is 3.01. The summed E-state index contributed by atoms with van der Waals surface area (Å²) in [4.78, 5) is 0. The molecule has 0 fully saturated rings. The fourth-order valence-corrected chi connectivity index (χ4v) is 4.15. The summed E-state index contributed by atoms with van der Waals surface area (Å²) >= 11 is -1.60. The quantitative estimate of drug-likeness (QED) is 0.518. The normalized spacial score (nSPS) is 12.4. The van der Waals surface area contributed by atoms with Crippen LogP contribution in [0.4, 0.5) is 5.69 Å². The molecule has 0 saturated carbocycles. The molecule has 0 radical (unpaired) electrons. The van der Waals surface area contributed by atoms with Crippen LogP contribution < -0.4 is 10.0 Å². The molecule has 4 aromatic carbocycles. The lowest BCUT2D eigenvalue weighted by Gasteiger charge is -2.18. The van der Waals surface area contributed by atoms with Crippen molar-refractivity contribution < 1.29 is 8.39 Å². The molecule has 0 heterocycles. The summed E-state index contributed by atoms with van der Waals surface area (Å²) in [6, 6.07) is 24.7. The van der Waals surface area contributed by atoms with Crippen molar-refractivity contribution >= 4 is 53.0 Å². The molecule has 4 aromatic rings. The Labute approximate surface area is 157 Å². The zero-order valence-electron chi connectivity index (χ0n) is 14.2. The second kappa shape index (κ2) is 7.16. The first-order chi connectivity index (χ1) is 12.7. The second-order valence-corrected chi connectivity index (χ2v) is 7.59. The van der Waals surface area contributed by atoms with E-state index in [0.717, 1.165) is 38.3 Å². The molecule has 5 heteroatoms. The van der Waals surface area contributed by atoms with Gasteiger partial charge in [0.25, 0.3) is 11.3 Å². The highest BCUT2D eigenvalue weighted by Crippen LogP contribution is 2.39. The maximum atomic E-state index is 12.0. The van der Waals surface area contributed by atoms with Gasteiger partial charge in [-0.25, -0.2) is 4.21 Å². The van der Waals surface area contributed by atoms with Crippen molar-refractivity contribution in [3.63, 3.8) is 0 Å². The largest absolute Gasteiger partial charge is 0.282 e. The third-order valence-corrected chi connectivity index (χ3v) is 5.66. The van der Waals surface area contributed by atoms with Crippen LogP contribution in [0, 0.1) is 0 Å². The molecular formula is C21H18NO2PS. The Morgan fingerprint density at radius 3 is 2.04 bits per heavy atom. The Morgan fingerprint density at radius 1 is 0.808 bits per heavy atom. The number of fused-ring (bicyclic) bond motifs is 2. The molecule has 0 spiro atoms. The average molecular weight is 379 g/mol. The van der Waals surface area contributed by atoms with Gasteiger partial charge in [-0.05, 0) is 38.5 Å². The standard InChI is InChI=1S/C21H18NO2PS/c1-24-26(23)22-18-12-10-14-6-2-4-8-16(14)20(18)21-17-9-5-3-7-15(17)11-13-19(21)25/h2-13,22H,25H2,1H3. The van der Waals surface area contributed by atoms with Crippen LogP contribution in [0.15, 0.2) is 72.8 Å². The van der Waals surface area contributed by atoms with Crippen molar-refractivity contribution in [3.05, 3.63) is 72.8 Å². The summed E-state index contributed by atoms with van der Waals surface area (Å²) in [6.07, 6.45) is 0. The van der Waals surface area contributed by atoms with Crippen LogP contribution >= 0.6 is 9.24 Å². The topological polar surface area (TPSA) is 38.3 Å². The first kappa shape index (κ1) is 17.2. The molecule has 0 amide bonds. The molecule has 2 atom stereocenters. The maximum absolute atomic E-state index is 12.0. The predicted molar refractivity (Wildman–Crippen MR) is 115 cm³/mol. The Hall–Kier alpha value is -2.26. The van der Waals surface area contributed by atoms with Gasteiger partial charge >= 0.3 is 0 Å². The molecular weight excluding hydrogens is 361 g/mol. The van der Waals surface area contributed by atoms with E-state index in [9.17, 15) is 4.21 Å². The van der Waals surface area contributed by atoms with Crippen molar-refractivity contribution in [1.82, 2.24) is 0 Å². The third-order valence-electron chi connectivity index (χ3n) is 4.48. The van der Waals surface area contributed by atoms with E-state index in [2.05, 4.69) is 50.4 Å². The van der Waals surface area contributed by atoms with Crippen molar-refractivity contribution in [2.75, 3.05) is 11.8 Å². The van der Waals surface area contributed by atoms with E-state index in [-0.39, 0.29) is 0 Å². The Morgan fingerprint density at radius 2 is 1.38 bits per heavy atom. The Balaban J connectivity index is 2.12. The maximum Gasteiger partial charge on any atom is 0.261 e. The van der Waals surface area contributed by atoms with Crippen molar-refractivity contribution in [2.24, 2.45) is 0 Å². The zero-order valence-corrected chi connectivity index (χ0v) is 16.2. The lowest BCUT2D eigenvalue weighted by molar-refractivity contribution is 0.449. The number of hydrogen-bond acceptors (Lipinski definition) is 2. The number of rotatable bonds is 4. The summed E-state index contributed by atoms with van der Waals surface area (Å²) in [6.45, 7) is 0. The first-order valence-corrected chi connectivity index (χ1v) is 9.86. The van der Waals surface area contributed by atoms with E-state index < -0.39 is 11.3 Å². The van der Waals surface area contributed by atoms with Crippen LogP contribution in [-0.2, 0) is 15.4 Å². The Bertz CT molecular complexity index is 1140. The van der Waals surface area contributed by atoms with Crippen molar-refractivity contribution in [1.29, 1.82) is 0 Å². The van der Waals surface area contributed by atoms with E-state index in [0.29, 0.717) is 0 Å². The van der Waals surface area contributed by atoms with Crippen molar-refractivity contribution in [2.45, 2.75) is 0 Å². The molecule has 0 aliphatic carbocycles. The number of benzene rings is 4. The van der Waals surface area contributed by atoms with E-state index in [1.54, 1.807) is 0 Å². The van der Waals surface area contributed by atoms with E-state index in [4.69, 9.17) is 4.18 Å². The fraction of sp³-hybridized carbons (Fsp3) is 0.0476. The Kier molecular flexibility index (Phi) is 4.73. The minimum Gasteiger partial charge on any atom is -0.282 e. The molecule has 0 bridgehead atoms. The molecule has 2 unspecified atom stereocenters. The van der Waals surface area contributed by atoms with Gasteiger partial charge in [0.1, 0.15) is 0 Å². The van der Waals surface area contributed by atoms with Gasteiger partial charge in [-0.15, -0.1) is 9.24 Å². The molecule has 26 heavy (non-hydrogen) atoms. The van der Waals surface area contributed by atoms with Gasteiger partial charge < -0.3 is 0 Å². The lowest BCUT2D eigenvalue weighted by atomic mass is 9.92. The minimum absolute atomic E-state index is 0.781. The molecule has 0 aliphatic rings. The second-order valence-electron chi connectivity index (χ2n) is 5.96. The van der Waals surface area contributed by atoms with Crippen LogP contribution in [0.2, 0.25) is 0 Å². The lowest BCUT2D eigenvalue weighted by Crippen LogP contribution is -2.08.